The highest BCUT2D eigenvalue weighted by Gasteiger charge is 2.36. The Labute approximate surface area is 159 Å². The van der Waals surface area contributed by atoms with Crippen molar-refractivity contribution in [1.29, 1.82) is 5.26 Å². The number of hydrogen-bond acceptors (Lipinski definition) is 3. The van der Waals surface area contributed by atoms with Crippen molar-refractivity contribution in [3.05, 3.63) is 59.2 Å². The van der Waals surface area contributed by atoms with Crippen LogP contribution in [0.15, 0.2) is 42.5 Å². The zero-order chi connectivity index (χ0) is 19.6. The first-order valence-electron chi connectivity index (χ1n) is 9.12. The Bertz CT molecular complexity index is 927. The van der Waals surface area contributed by atoms with Gasteiger partial charge in [0.2, 0.25) is 11.8 Å². The van der Waals surface area contributed by atoms with E-state index < -0.39 is 5.92 Å². The summed E-state index contributed by atoms with van der Waals surface area (Å²) in [6.07, 6.45) is 0.173. The van der Waals surface area contributed by atoms with E-state index in [9.17, 15) is 14.9 Å². The molecule has 27 heavy (non-hydrogen) atoms. The molecule has 1 saturated heterocycles. The maximum Gasteiger partial charge on any atom is 0.229 e. The third-order valence-electron chi connectivity index (χ3n) is 4.96. The first-order valence-corrected chi connectivity index (χ1v) is 9.12. The van der Waals surface area contributed by atoms with Gasteiger partial charge < -0.3 is 10.2 Å². The predicted octanol–water partition coefficient (Wildman–Crippen LogP) is 3.98. The number of carbonyl (C=O) groups is 2. The number of rotatable bonds is 4. The molecule has 1 fully saturated rings. The lowest BCUT2D eigenvalue weighted by atomic mass is 9.97. The molecule has 5 nitrogen and oxygen atoms in total. The Morgan fingerprint density at radius 1 is 1.22 bits per heavy atom. The molecule has 2 amide bonds. The zero-order valence-electron chi connectivity index (χ0n) is 15.8. The standard InChI is InChI=1S/C22H23N3O2/c1-14(2)18-9-6-7-15(3)21(18)25-13-17(11-20(25)26)22(27)24-19-10-5-4-8-16(19)12-23/h4-10,14,17H,11,13H2,1-3H3,(H,24,27). The van der Waals surface area contributed by atoms with Crippen LogP contribution in [0.4, 0.5) is 11.4 Å². The van der Waals surface area contributed by atoms with Crippen LogP contribution in [0.2, 0.25) is 0 Å². The summed E-state index contributed by atoms with van der Waals surface area (Å²) in [5, 5.41) is 12.0. The van der Waals surface area contributed by atoms with E-state index in [0.29, 0.717) is 17.8 Å². The molecule has 1 unspecified atom stereocenters. The van der Waals surface area contributed by atoms with Gasteiger partial charge in [-0.05, 0) is 36.1 Å². The number of benzene rings is 2. The van der Waals surface area contributed by atoms with Crippen molar-refractivity contribution in [2.75, 3.05) is 16.8 Å². The molecule has 1 atom stereocenters. The summed E-state index contributed by atoms with van der Waals surface area (Å²) in [4.78, 5) is 27.1. The van der Waals surface area contributed by atoms with Gasteiger partial charge in [0.05, 0.1) is 17.2 Å². The van der Waals surface area contributed by atoms with Gasteiger partial charge in [0, 0.05) is 18.7 Å². The molecule has 2 aromatic carbocycles. The van der Waals surface area contributed by atoms with E-state index in [-0.39, 0.29) is 24.2 Å². The molecule has 1 aliphatic heterocycles. The van der Waals surface area contributed by atoms with Crippen LogP contribution in [-0.4, -0.2) is 18.4 Å². The van der Waals surface area contributed by atoms with Gasteiger partial charge in [0.25, 0.3) is 0 Å². The normalized spacial score (nSPS) is 16.5. The van der Waals surface area contributed by atoms with Crippen LogP contribution < -0.4 is 10.2 Å². The molecule has 5 heteroatoms. The Morgan fingerprint density at radius 3 is 2.67 bits per heavy atom. The van der Waals surface area contributed by atoms with Crippen molar-refractivity contribution in [3.8, 4) is 6.07 Å². The monoisotopic (exact) mass is 361 g/mol. The molecule has 0 radical (unpaired) electrons. The number of para-hydroxylation sites is 2. The largest absolute Gasteiger partial charge is 0.325 e. The maximum atomic E-state index is 12.7. The third kappa shape index (κ3) is 3.70. The molecule has 0 aliphatic carbocycles. The van der Waals surface area contributed by atoms with Crippen LogP contribution in [0, 0.1) is 24.2 Å². The van der Waals surface area contributed by atoms with Crippen LogP contribution >= 0.6 is 0 Å². The van der Waals surface area contributed by atoms with Gasteiger partial charge in [-0.25, -0.2) is 0 Å². The predicted molar refractivity (Wildman–Crippen MR) is 106 cm³/mol. The number of hydrogen-bond donors (Lipinski definition) is 1. The number of nitrogens with zero attached hydrogens (tertiary/aromatic N) is 2. The number of amides is 2. The molecular formula is C22H23N3O2. The third-order valence-corrected chi connectivity index (χ3v) is 4.96. The fourth-order valence-electron chi connectivity index (χ4n) is 3.54. The molecule has 138 valence electrons. The lowest BCUT2D eigenvalue weighted by Crippen LogP contribution is -2.29. The molecular weight excluding hydrogens is 338 g/mol. The minimum absolute atomic E-state index is 0.0417. The summed E-state index contributed by atoms with van der Waals surface area (Å²) >= 11 is 0. The second-order valence-corrected chi connectivity index (χ2v) is 7.22. The van der Waals surface area contributed by atoms with E-state index in [0.717, 1.165) is 16.8 Å². The Balaban J connectivity index is 1.82. The highest BCUT2D eigenvalue weighted by Crippen LogP contribution is 2.35. The van der Waals surface area contributed by atoms with Gasteiger partial charge >= 0.3 is 0 Å². The molecule has 0 saturated carbocycles. The molecule has 0 aromatic heterocycles. The highest BCUT2D eigenvalue weighted by atomic mass is 16.2. The molecule has 0 bridgehead atoms. The van der Waals surface area contributed by atoms with Crippen LogP contribution in [0.1, 0.15) is 42.9 Å². The van der Waals surface area contributed by atoms with Crippen LogP contribution in [0.5, 0.6) is 0 Å². The second kappa shape index (κ2) is 7.63. The van der Waals surface area contributed by atoms with Crippen LogP contribution in [0.25, 0.3) is 0 Å². The topological polar surface area (TPSA) is 73.2 Å². The smallest absolute Gasteiger partial charge is 0.229 e. The summed E-state index contributed by atoms with van der Waals surface area (Å²) in [6, 6.07) is 15.0. The minimum atomic E-state index is -0.441. The van der Waals surface area contributed by atoms with E-state index in [1.165, 1.54) is 0 Å². The van der Waals surface area contributed by atoms with Crippen molar-refractivity contribution in [3.63, 3.8) is 0 Å². The van der Waals surface area contributed by atoms with E-state index in [4.69, 9.17) is 0 Å². The molecule has 1 N–H and O–H groups in total. The lowest BCUT2D eigenvalue weighted by molar-refractivity contribution is -0.122. The molecule has 0 spiro atoms. The molecule has 1 aliphatic rings. The lowest BCUT2D eigenvalue weighted by Gasteiger charge is -2.24. The minimum Gasteiger partial charge on any atom is -0.325 e. The van der Waals surface area contributed by atoms with Gasteiger partial charge in [-0.1, -0.05) is 44.2 Å². The fourth-order valence-corrected chi connectivity index (χ4v) is 3.54. The maximum absolute atomic E-state index is 12.7. The molecule has 2 aromatic rings. The summed E-state index contributed by atoms with van der Waals surface area (Å²) in [6.45, 7) is 6.54. The number of aryl methyl sites for hydroxylation is 1. The summed E-state index contributed by atoms with van der Waals surface area (Å²) < 4.78 is 0. The van der Waals surface area contributed by atoms with E-state index in [2.05, 4.69) is 25.2 Å². The van der Waals surface area contributed by atoms with E-state index >= 15 is 0 Å². The summed E-state index contributed by atoms with van der Waals surface area (Å²) in [7, 11) is 0. The van der Waals surface area contributed by atoms with Gasteiger partial charge in [-0.15, -0.1) is 0 Å². The van der Waals surface area contributed by atoms with Gasteiger partial charge in [-0.2, -0.15) is 5.26 Å². The van der Waals surface area contributed by atoms with Crippen LogP contribution in [-0.2, 0) is 9.59 Å². The molecule has 3 rings (SSSR count). The highest BCUT2D eigenvalue weighted by molar-refractivity contribution is 6.04. The Kier molecular flexibility index (Phi) is 5.27. The van der Waals surface area contributed by atoms with Gasteiger partial charge in [0.1, 0.15) is 6.07 Å². The molecule has 1 heterocycles. The summed E-state index contributed by atoms with van der Waals surface area (Å²) in [5.41, 5.74) is 3.96. The van der Waals surface area contributed by atoms with Crippen molar-refractivity contribution in [2.24, 2.45) is 5.92 Å². The first kappa shape index (κ1) is 18.7. The summed E-state index contributed by atoms with van der Waals surface area (Å²) in [5.74, 6) is -0.430. The fraction of sp³-hybridized carbons (Fsp3) is 0.318. The number of nitriles is 1. The average Bonchev–Trinajstić information content (AvgIpc) is 3.03. The zero-order valence-corrected chi connectivity index (χ0v) is 15.8. The number of nitrogens with one attached hydrogen (secondary N) is 1. The Hall–Kier alpha value is -3.13. The van der Waals surface area contributed by atoms with E-state index in [1.54, 1.807) is 29.2 Å². The van der Waals surface area contributed by atoms with Gasteiger partial charge in [0.15, 0.2) is 0 Å². The first-order chi connectivity index (χ1) is 12.9. The Morgan fingerprint density at radius 2 is 1.96 bits per heavy atom. The van der Waals surface area contributed by atoms with Crippen LogP contribution in [0.3, 0.4) is 0 Å². The number of anilines is 2. The second-order valence-electron chi connectivity index (χ2n) is 7.22. The quantitative estimate of drug-likeness (QED) is 0.895. The van der Waals surface area contributed by atoms with Crippen molar-refractivity contribution < 1.29 is 9.59 Å². The number of carbonyl (C=O) groups excluding carboxylic acids is 2. The van der Waals surface area contributed by atoms with Crippen molar-refractivity contribution in [2.45, 2.75) is 33.1 Å². The van der Waals surface area contributed by atoms with Gasteiger partial charge in [-0.3, -0.25) is 9.59 Å². The SMILES string of the molecule is Cc1cccc(C(C)C)c1N1CC(C(=O)Nc2ccccc2C#N)CC1=O. The van der Waals surface area contributed by atoms with Crippen molar-refractivity contribution >= 4 is 23.2 Å². The average molecular weight is 361 g/mol. The van der Waals surface area contributed by atoms with Crippen molar-refractivity contribution in [1.82, 2.24) is 0 Å². The van der Waals surface area contributed by atoms with E-state index in [1.807, 2.05) is 25.1 Å².